The summed E-state index contributed by atoms with van der Waals surface area (Å²) in [7, 11) is 0. The summed E-state index contributed by atoms with van der Waals surface area (Å²) in [6, 6.07) is 19.8. The number of hydrogen-bond acceptors (Lipinski definition) is 6. The van der Waals surface area contributed by atoms with E-state index in [4.69, 9.17) is 5.26 Å². The van der Waals surface area contributed by atoms with Gasteiger partial charge in [-0.2, -0.15) is 5.26 Å². The van der Waals surface area contributed by atoms with Gasteiger partial charge in [0.25, 0.3) is 5.91 Å². The molecule has 2 N–H and O–H groups in total. The van der Waals surface area contributed by atoms with Gasteiger partial charge in [-0.05, 0) is 42.5 Å². The summed E-state index contributed by atoms with van der Waals surface area (Å²) < 4.78 is 0. The van der Waals surface area contributed by atoms with Crippen molar-refractivity contribution in [1.29, 1.82) is 5.26 Å². The molecule has 0 saturated carbocycles. The van der Waals surface area contributed by atoms with Gasteiger partial charge in [-0.25, -0.2) is 9.97 Å². The van der Waals surface area contributed by atoms with Crippen LogP contribution in [-0.4, -0.2) is 20.9 Å². The van der Waals surface area contributed by atoms with E-state index in [0.29, 0.717) is 16.8 Å². The third-order valence-corrected chi connectivity index (χ3v) is 4.04. The molecule has 28 heavy (non-hydrogen) atoms. The molecule has 0 aliphatic carbocycles. The fourth-order valence-electron chi connectivity index (χ4n) is 2.69. The maximum Gasteiger partial charge on any atom is 0.274 e. The molecule has 0 atom stereocenters. The average Bonchev–Trinajstić information content (AvgIpc) is 2.75. The zero-order valence-electron chi connectivity index (χ0n) is 14.6. The van der Waals surface area contributed by atoms with Gasteiger partial charge < -0.3 is 10.6 Å². The Morgan fingerprint density at radius 2 is 1.75 bits per heavy atom. The number of carbonyl (C=O) groups is 1. The number of pyridine rings is 1. The lowest BCUT2D eigenvalue weighted by atomic mass is 10.2. The highest BCUT2D eigenvalue weighted by molar-refractivity contribution is 6.07. The predicted molar refractivity (Wildman–Crippen MR) is 106 cm³/mol. The van der Waals surface area contributed by atoms with Crippen LogP contribution in [0.15, 0.2) is 73.1 Å². The molecule has 134 valence electrons. The van der Waals surface area contributed by atoms with Gasteiger partial charge in [0.2, 0.25) is 5.95 Å². The van der Waals surface area contributed by atoms with Crippen LogP contribution in [0.3, 0.4) is 0 Å². The Morgan fingerprint density at radius 1 is 0.929 bits per heavy atom. The molecule has 4 rings (SSSR count). The first kappa shape index (κ1) is 17.1. The number of amides is 1. The number of hydrogen-bond donors (Lipinski definition) is 2. The van der Waals surface area contributed by atoms with Crippen LogP contribution in [0.1, 0.15) is 16.1 Å². The van der Waals surface area contributed by atoms with Crippen molar-refractivity contribution in [2.75, 3.05) is 10.6 Å². The van der Waals surface area contributed by atoms with Crippen LogP contribution in [0.5, 0.6) is 0 Å². The van der Waals surface area contributed by atoms with E-state index in [2.05, 4.69) is 31.7 Å². The Bertz CT molecular complexity index is 1190. The third-order valence-electron chi connectivity index (χ3n) is 4.04. The average molecular weight is 366 g/mol. The first-order valence-electron chi connectivity index (χ1n) is 8.48. The third kappa shape index (κ3) is 3.61. The lowest BCUT2D eigenvalue weighted by Crippen LogP contribution is -2.15. The largest absolute Gasteiger partial charge is 0.324 e. The van der Waals surface area contributed by atoms with Crippen LogP contribution in [-0.2, 0) is 0 Å². The summed E-state index contributed by atoms with van der Waals surface area (Å²) in [6.45, 7) is 0. The Balaban J connectivity index is 1.55. The molecule has 2 aromatic heterocycles. The van der Waals surface area contributed by atoms with Crippen LogP contribution in [0.4, 0.5) is 17.3 Å². The highest BCUT2D eigenvalue weighted by Crippen LogP contribution is 2.21. The second-order valence-electron chi connectivity index (χ2n) is 5.91. The van der Waals surface area contributed by atoms with Gasteiger partial charge in [-0.1, -0.05) is 18.2 Å². The van der Waals surface area contributed by atoms with Crippen LogP contribution < -0.4 is 10.6 Å². The minimum absolute atomic E-state index is 0.221. The number of carbonyl (C=O) groups excluding carboxylic acids is 1. The van der Waals surface area contributed by atoms with E-state index in [1.807, 2.05) is 24.3 Å². The standard InChI is InChI=1S/C21H14N6O/c22-13-14-6-8-16(9-7-14)25-21-24-12-10-18(27-21)20(28)26-17-5-1-3-15-4-2-11-23-19(15)17/h1-12H,(H,26,28)(H,24,25,27). The molecule has 7 nitrogen and oxygen atoms in total. The maximum absolute atomic E-state index is 12.7. The summed E-state index contributed by atoms with van der Waals surface area (Å²) in [5.41, 5.74) is 2.82. The molecule has 4 aromatic rings. The zero-order chi connectivity index (χ0) is 19.3. The van der Waals surface area contributed by atoms with Gasteiger partial charge in [0.15, 0.2) is 0 Å². The van der Waals surface area contributed by atoms with Crippen LogP contribution >= 0.6 is 0 Å². The fourth-order valence-corrected chi connectivity index (χ4v) is 2.69. The number of para-hydroxylation sites is 1. The minimum Gasteiger partial charge on any atom is -0.324 e. The SMILES string of the molecule is N#Cc1ccc(Nc2nccc(C(=O)Nc3cccc4cccnc34)n2)cc1. The first-order chi connectivity index (χ1) is 13.7. The molecule has 0 spiro atoms. The van der Waals surface area contributed by atoms with E-state index in [9.17, 15) is 4.79 Å². The fraction of sp³-hybridized carbons (Fsp3) is 0. The lowest BCUT2D eigenvalue weighted by molar-refractivity contribution is 0.102. The number of benzene rings is 2. The molecular weight excluding hydrogens is 352 g/mol. The number of nitrogens with zero attached hydrogens (tertiary/aromatic N) is 4. The second kappa shape index (κ2) is 7.51. The molecule has 0 fully saturated rings. The van der Waals surface area contributed by atoms with E-state index >= 15 is 0 Å². The van der Waals surface area contributed by atoms with Crippen molar-refractivity contribution in [3.8, 4) is 6.07 Å². The van der Waals surface area contributed by atoms with Crippen molar-refractivity contribution in [2.45, 2.75) is 0 Å². The van der Waals surface area contributed by atoms with E-state index in [1.165, 1.54) is 12.3 Å². The molecule has 0 saturated heterocycles. The molecule has 2 heterocycles. The summed E-state index contributed by atoms with van der Waals surface area (Å²) >= 11 is 0. The molecule has 1 amide bonds. The highest BCUT2D eigenvalue weighted by atomic mass is 16.1. The maximum atomic E-state index is 12.7. The van der Waals surface area contributed by atoms with E-state index in [1.54, 1.807) is 36.5 Å². The van der Waals surface area contributed by atoms with Crippen molar-refractivity contribution in [1.82, 2.24) is 15.0 Å². The predicted octanol–water partition coefficient (Wildman–Crippen LogP) is 3.89. The lowest BCUT2D eigenvalue weighted by Gasteiger charge is -2.09. The summed E-state index contributed by atoms with van der Waals surface area (Å²) in [5.74, 6) is -0.0724. The highest BCUT2D eigenvalue weighted by Gasteiger charge is 2.11. The quantitative estimate of drug-likeness (QED) is 0.568. The number of anilines is 3. The van der Waals surface area contributed by atoms with E-state index in [0.717, 1.165) is 11.1 Å². The molecule has 7 heteroatoms. The number of rotatable bonds is 4. The second-order valence-corrected chi connectivity index (χ2v) is 5.91. The van der Waals surface area contributed by atoms with Crippen LogP contribution in [0.2, 0.25) is 0 Å². The van der Waals surface area contributed by atoms with E-state index < -0.39 is 0 Å². The first-order valence-corrected chi connectivity index (χ1v) is 8.48. The van der Waals surface area contributed by atoms with Gasteiger partial charge >= 0.3 is 0 Å². The summed E-state index contributed by atoms with van der Waals surface area (Å²) in [4.78, 5) is 25.4. The van der Waals surface area contributed by atoms with Crippen molar-refractivity contribution in [3.63, 3.8) is 0 Å². The number of aromatic nitrogens is 3. The molecule has 2 aromatic carbocycles. The van der Waals surface area contributed by atoms with Crippen molar-refractivity contribution in [3.05, 3.63) is 84.3 Å². The monoisotopic (exact) mass is 366 g/mol. The molecular formula is C21H14N6O. The van der Waals surface area contributed by atoms with Gasteiger partial charge in [0, 0.05) is 23.5 Å². The van der Waals surface area contributed by atoms with Crippen molar-refractivity contribution >= 4 is 34.1 Å². The summed E-state index contributed by atoms with van der Waals surface area (Å²) in [6.07, 6.45) is 3.19. The molecule has 0 bridgehead atoms. The van der Waals surface area contributed by atoms with Crippen molar-refractivity contribution in [2.24, 2.45) is 0 Å². The Labute approximate surface area is 160 Å². The Hall–Kier alpha value is -4.31. The van der Waals surface area contributed by atoms with E-state index in [-0.39, 0.29) is 17.5 Å². The number of nitrogens with one attached hydrogen (secondary N) is 2. The van der Waals surface area contributed by atoms with Gasteiger partial charge in [-0.15, -0.1) is 0 Å². The number of nitriles is 1. The summed E-state index contributed by atoms with van der Waals surface area (Å²) in [5, 5.41) is 15.7. The molecule has 0 unspecified atom stereocenters. The van der Waals surface area contributed by atoms with Gasteiger partial charge in [0.1, 0.15) is 5.69 Å². The Kier molecular flexibility index (Phi) is 4.59. The van der Waals surface area contributed by atoms with Gasteiger partial charge in [-0.3, -0.25) is 9.78 Å². The van der Waals surface area contributed by atoms with Gasteiger partial charge in [0.05, 0.1) is 22.8 Å². The van der Waals surface area contributed by atoms with Crippen LogP contribution in [0, 0.1) is 11.3 Å². The molecule has 0 aliphatic heterocycles. The smallest absolute Gasteiger partial charge is 0.274 e. The molecule has 0 radical (unpaired) electrons. The minimum atomic E-state index is -0.358. The topological polar surface area (TPSA) is 104 Å². The normalized spacial score (nSPS) is 10.2. The Morgan fingerprint density at radius 3 is 2.57 bits per heavy atom. The number of fused-ring (bicyclic) bond motifs is 1. The zero-order valence-corrected chi connectivity index (χ0v) is 14.6. The molecule has 0 aliphatic rings. The van der Waals surface area contributed by atoms with Crippen molar-refractivity contribution < 1.29 is 4.79 Å². The van der Waals surface area contributed by atoms with Crippen LogP contribution in [0.25, 0.3) is 10.9 Å².